The fraction of sp³-hybridized carbons (Fsp3) is 0.429. The lowest BCUT2D eigenvalue weighted by Gasteiger charge is -2.40. The molecule has 0 spiro atoms. The number of piperazine rings is 1. The van der Waals surface area contributed by atoms with Gasteiger partial charge in [0.2, 0.25) is 21.8 Å². The first kappa shape index (κ1) is 25.6. The lowest BCUT2D eigenvalue weighted by atomic mass is 9.85. The van der Waals surface area contributed by atoms with E-state index < -0.39 is 10.0 Å². The number of ether oxygens (including phenoxy) is 1. The molecule has 1 amide bonds. The molecule has 8 nitrogen and oxygen atoms in total. The summed E-state index contributed by atoms with van der Waals surface area (Å²) in [7, 11) is -3.69. The Balaban J connectivity index is 1.21. The smallest absolute Gasteiger partial charge is 0.240 e. The zero-order valence-electron chi connectivity index (χ0n) is 21.1. The van der Waals surface area contributed by atoms with Gasteiger partial charge in [0.1, 0.15) is 0 Å². The van der Waals surface area contributed by atoms with E-state index in [2.05, 4.69) is 27.2 Å². The topological polar surface area (TPSA) is 101 Å². The molecular weight excluding hydrogens is 488 g/mol. The first-order chi connectivity index (χ1) is 17.9. The summed E-state index contributed by atoms with van der Waals surface area (Å²) in [6.07, 6.45) is 2.65. The van der Waals surface area contributed by atoms with E-state index in [-0.39, 0.29) is 28.8 Å². The van der Waals surface area contributed by atoms with Crippen molar-refractivity contribution >= 4 is 26.8 Å². The van der Waals surface area contributed by atoms with Gasteiger partial charge in [-0.15, -0.1) is 0 Å². The Morgan fingerprint density at radius 2 is 1.86 bits per heavy atom. The van der Waals surface area contributed by atoms with Crippen LogP contribution in [0.2, 0.25) is 0 Å². The second-order valence-corrected chi connectivity index (χ2v) is 11.5. The summed E-state index contributed by atoms with van der Waals surface area (Å²) in [5, 5.41) is 4.15. The van der Waals surface area contributed by atoms with Crippen molar-refractivity contribution in [2.45, 2.75) is 49.6 Å². The van der Waals surface area contributed by atoms with Crippen LogP contribution < -0.4 is 14.8 Å². The van der Waals surface area contributed by atoms with E-state index >= 15 is 0 Å². The highest BCUT2D eigenvalue weighted by Crippen LogP contribution is 2.31. The summed E-state index contributed by atoms with van der Waals surface area (Å²) in [5.74, 6) is 0.632. The van der Waals surface area contributed by atoms with Crippen LogP contribution in [0, 0.1) is 5.92 Å². The van der Waals surface area contributed by atoms with Gasteiger partial charge in [-0.2, -0.15) is 0 Å². The summed E-state index contributed by atoms with van der Waals surface area (Å²) in [6, 6.07) is 18.5. The highest BCUT2D eigenvalue weighted by molar-refractivity contribution is 7.89. The Hall–Kier alpha value is -3.01. The van der Waals surface area contributed by atoms with Gasteiger partial charge in [0.05, 0.1) is 23.1 Å². The minimum absolute atomic E-state index is 0.0330. The first-order valence-corrected chi connectivity index (χ1v) is 14.5. The molecule has 0 radical (unpaired) electrons. The molecule has 2 aromatic carbocycles. The van der Waals surface area contributed by atoms with Crippen molar-refractivity contribution in [3.8, 4) is 5.88 Å². The molecule has 1 saturated carbocycles. The monoisotopic (exact) mass is 522 g/mol. The molecule has 1 aliphatic heterocycles. The number of aromatic nitrogens is 1. The van der Waals surface area contributed by atoms with Gasteiger partial charge in [0, 0.05) is 43.0 Å². The highest BCUT2D eigenvalue weighted by Gasteiger charge is 2.35. The van der Waals surface area contributed by atoms with Crippen LogP contribution in [-0.2, 0) is 14.8 Å². The van der Waals surface area contributed by atoms with Gasteiger partial charge in [0.15, 0.2) is 0 Å². The fourth-order valence-corrected chi connectivity index (χ4v) is 6.74. The van der Waals surface area contributed by atoms with Gasteiger partial charge in [-0.1, -0.05) is 30.3 Å². The molecule has 2 heterocycles. The number of hydrogen-bond donors (Lipinski definition) is 2. The predicted molar refractivity (Wildman–Crippen MR) is 143 cm³/mol. The average Bonchev–Trinajstić information content (AvgIpc) is 2.93. The van der Waals surface area contributed by atoms with Crippen molar-refractivity contribution < 1.29 is 17.9 Å². The van der Waals surface area contributed by atoms with Crippen molar-refractivity contribution in [1.82, 2.24) is 19.9 Å². The number of sulfonamides is 1. The van der Waals surface area contributed by atoms with Crippen molar-refractivity contribution in [3.05, 3.63) is 66.2 Å². The van der Waals surface area contributed by atoms with Crippen LogP contribution in [0.3, 0.4) is 0 Å². The lowest BCUT2D eigenvalue weighted by molar-refractivity contribution is -0.140. The molecular formula is C28H34N4O4S. The number of carbonyl (C=O) groups is 1. The van der Waals surface area contributed by atoms with Crippen LogP contribution >= 0.6 is 0 Å². The van der Waals surface area contributed by atoms with Crippen LogP contribution in [0.25, 0.3) is 10.9 Å². The molecule has 37 heavy (non-hydrogen) atoms. The average molecular weight is 523 g/mol. The van der Waals surface area contributed by atoms with E-state index in [1.165, 1.54) is 0 Å². The van der Waals surface area contributed by atoms with Crippen LogP contribution in [0.1, 0.15) is 44.2 Å². The maximum atomic E-state index is 13.5. The number of benzene rings is 2. The normalized spacial score (nSPS) is 22.6. The molecule has 3 aromatic rings. The molecule has 2 N–H and O–H groups in total. The summed E-state index contributed by atoms with van der Waals surface area (Å²) in [4.78, 5) is 20.1. The molecule has 1 saturated heterocycles. The van der Waals surface area contributed by atoms with E-state index in [1.54, 1.807) is 24.3 Å². The molecule has 1 aliphatic carbocycles. The SMILES string of the molecule is CCOc1ccc2cc(S(=O)(=O)NC3CCC(C(=O)N4CCNC[C@@H]4c4ccccc4)CC3)ccc2n1. The number of rotatable bonds is 7. The zero-order valence-corrected chi connectivity index (χ0v) is 21.9. The van der Waals surface area contributed by atoms with Crippen LogP contribution in [0.5, 0.6) is 5.88 Å². The van der Waals surface area contributed by atoms with Crippen molar-refractivity contribution in [1.29, 1.82) is 0 Å². The number of amides is 1. The van der Waals surface area contributed by atoms with Crippen molar-refractivity contribution in [3.63, 3.8) is 0 Å². The molecule has 2 aliphatic rings. The van der Waals surface area contributed by atoms with E-state index in [9.17, 15) is 13.2 Å². The van der Waals surface area contributed by atoms with Gasteiger partial charge >= 0.3 is 0 Å². The third-order valence-corrected chi connectivity index (χ3v) is 8.86. The Morgan fingerprint density at radius 1 is 1.08 bits per heavy atom. The maximum absolute atomic E-state index is 13.5. The molecule has 2 fully saturated rings. The quantitative estimate of drug-likeness (QED) is 0.491. The molecule has 1 atom stereocenters. The molecule has 0 bridgehead atoms. The number of hydrogen-bond acceptors (Lipinski definition) is 6. The number of carbonyl (C=O) groups excluding carboxylic acids is 1. The second-order valence-electron chi connectivity index (χ2n) is 9.77. The Kier molecular flexibility index (Phi) is 7.73. The van der Waals surface area contributed by atoms with Crippen molar-refractivity contribution in [2.75, 3.05) is 26.2 Å². The summed E-state index contributed by atoms with van der Waals surface area (Å²) in [6.45, 7) is 4.64. The van der Waals surface area contributed by atoms with Gasteiger partial charge < -0.3 is 15.0 Å². The Bertz CT molecular complexity index is 1340. The molecule has 0 unspecified atom stereocenters. The third-order valence-electron chi connectivity index (χ3n) is 7.35. The van der Waals surface area contributed by atoms with Crippen molar-refractivity contribution in [2.24, 2.45) is 5.92 Å². The molecule has 196 valence electrons. The summed E-state index contributed by atoms with van der Waals surface area (Å²) in [5.41, 5.74) is 1.83. The van der Waals surface area contributed by atoms with Gasteiger partial charge in [-0.05, 0) is 62.4 Å². The predicted octanol–water partition coefficient (Wildman–Crippen LogP) is 3.64. The van der Waals surface area contributed by atoms with Gasteiger partial charge in [-0.25, -0.2) is 18.1 Å². The van der Waals surface area contributed by atoms with Crippen LogP contribution in [0.4, 0.5) is 0 Å². The third kappa shape index (κ3) is 5.79. The standard InChI is InChI=1S/C28H34N4O4S/c1-2-36-27-15-10-22-18-24(13-14-25(22)30-27)37(34,35)31-23-11-8-21(9-12-23)28(33)32-17-16-29-19-26(32)20-6-4-3-5-7-20/h3-7,10,13-15,18,21,23,26,29,31H,2,8-9,11-12,16-17,19H2,1H3/t21?,23?,26-/m1/s1. The van der Waals surface area contributed by atoms with Gasteiger partial charge in [0.25, 0.3) is 0 Å². The molecule has 1 aromatic heterocycles. The lowest BCUT2D eigenvalue weighted by Crippen LogP contribution is -2.51. The van der Waals surface area contributed by atoms with Gasteiger partial charge in [-0.3, -0.25) is 4.79 Å². The fourth-order valence-electron chi connectivity index (χ4n) is 5.40. The van der Waals surface area contributed by atoms with E-state index in [0.717, 1.165) is 24.0 Å². The minimum atomic E-state index is -3.69. The van der Waals surface area contributed by atoms with E-state index in [0.29, 0.717) is 50.2 Å². The van der Waals surface area contributed by atoms with E-state index in [4.69, 9.17) is 4.74 Å². The Morgan fingerprint density at radius 3 is 2.62 bits per heavy atom. The maximum Gasteiger partial charge on any atom is 0.240 e. The zero-order chi connectivity index (χ0) is 25.8. The number of nitrogens with one attached hydrogen (secondary N) is 2. The molecule has 9 heteroatoms. The summed E-state index contributed by atoms with van der Waals surface area (Å²) >= 11 is 0. The number of nitrogens with zero attached hydrogens (tertiary/aromatic N) is 2. The second kappa shape index (κ2) is 11.2. The first-order valence-electron chi connectivity index (χ1n) is 13.1. The Labute approximate surface area is 218 Å². The van der Waals surface area contributed by atoms with Crippen LogP contribution in [-0.4, -0.2) is 56.5 Å². The largest absolute Gasteiger partial charge is 0.478 e. The van der Waals surface area contributed by atoms with Crippen LogP contribution in [0.15, 0.2) is 65.6 Å². The van der Waals surface area contributed by atoms with E-state index in [1.807, 2.05) is 36.1 Å². The summed E-state index contributed by atoms with van der Waals surface area (Å²) < 4.78 is 34.6. The number of fused-ring (bicyclic) bond motifs is 1. The minimum Gasteiger partial charge on any atom is -0.478 e. The molecule has 5 rings (SSSR count). The highest BCUT2D eigenvalue weighted by atomic mass is 32.2. The number of pyridine rings is 1.